The van der Waals surface area contributed by atoms with Crippen LogP contribution in [-0.4, -0.2) is 31.3 Å². The van der Waals surface area contributed by atoms with Gasteiger partial charge in [-0.3, -0.25) is 0 Å². The van der Waals surface area contributed by atoms with E-state index >= 15 is 0 Å². The molecule has 0 spiro atoms. The first-order valence-corrected chi connectivity index (χ1v) is 4.80. The predicted octanol–water partition coefficient (Wildman–Crippen LogP) is 1.39. The Balaban J connectivity index is 2.37. The van der Waals surface area contributed by atoms with Crippen LogP contribution in [0.4, 0.5) is 0 Å². The Morgan fingerprint density at radius 1 is 1.45 bits per heavy atom. The largest absolute Gasteiger partial charge is 0.248 e. The van der Waals surface area contributed by atoms with Gasteiger partial charge >= 0.3 is 0 Å². The Labute approximate surface area is 70.1 Å². The minimum Gasteiger partial charge on any atom is -0.248 e. The van der Waals surface area contributed by atoms with E-state index in [1.165, 1.54) is 32.5 Å². The van der Waals surface area contributed by atoms with E-state index in [9.17, 15) is 0 Å². The first kappa shape index (κ1) is 9.01. The molecule has 0 aromatic rings. The summed E-state index contributed by atoms with van der Waals surface area (Å²) in [6.45, 7) is 8.35. The van der Waals surface area contributed by atoms with Crippen molar-refractivity contribution < 1.29 is 4.59 Å². The van der Waals surface area contributed by atoms with Crippen molar-refractivity contribution in [1.29, 1.82) is 0 Å². The third kappa shape index (κ3) is 2.17. The lowest BCUT2D eigenvalue weighted by molar-refractivity contribution is -0.940. The van der Waals surface area contributed by atoms with Crippen molar-refractivity contribution in [2.24, 2.45) is 5.92 Å². The van der Waals surface area contributed by atoms with Crippen molar-refractivity contribution in [2.75, 3.05) is 26.7 Å². The Hall–Kier alpha value is -0.0800. The number of nitrogens with one attached hydrogen (secondary N) is 1. The number of quaternary nitrogens is 1. The maximum atomic E-state index is 3.57. The molecule has 2 heteroatoms. The summed E-state index contributed by atoms with van der Waals surface area (Å²) >= 11 is 0. The van der Waals surface area contributed by atoms with Crippen LogP contribution in [0.5, 0.6) is 0 Å². The smallest absolute Gasteiger partial charge is 0.100 e. The molecule has 1 N–H and O–H groups in total. The minimum absolute atomic E-state index is 0.909. The van der Waals surface area contributed by atoms with Gasteiger partial charge in [-0.25, -0.2) is 4.59 Å². The van der Waals surface area contributed by atoms with Crippen molar-refractivity contribution in [3.63, 3.8) is 0 Å². The van der Waals surface area contributed by atoms with Gasteiger partial charge in [-0.2, -0.15) is 5.43 Å². The van der Waals surface area contributed by atoms with Crippen LogP contribution >= 0.6 is 0 Å². The molecule has 1 saturated heterocycles. The maximum absolute atomic E-state index is 3.57. The van der Waals surface area contributed by atoms with Crippen molar-refractivity contribution in [3.05, 3.63) is 0 Å². The number of hydrogen-bond donors (Lipinski definition) is 1. The van der Waals surface area contributed by atoms with Crippen LogP contribution in [-0.2, 0) is 0 Å². The minimum atomic E-state index is 0.909. The number of hydrogen-bond acceptors (Lipinski definition) is 1. The molecule has 0 radical (unpaired) electrons. The highest BCUT2D eigenvalue weighted by Crippen LogP contribution is 2.16. The summed E-state index contributed by atoms with van der Waals surface area (Å²) in [6.07, 6.45) is 2.60. The van der Waals surface area contributed by atoms with Gasteiger partial charge in [0.15, 0.2) is 0 Å². The summed E-state index contributed by atoms with van der Waals surface area (Å²) in [4.78, 5) is 0. The fourth-order valence-electron chi connectivity index (χ4n) is 1.99. The molecule has 0 amide bonds. The lowest BCUT2D eigenvalue weighted by atomic mass is 10.1. The van der Waals surface area contributed by atoms with Gasteiger partial charge in [-0.1, -0.05) is 13.8 Å². The van der Waals surface area contributed by atoms with E-state index in [1.807, 2.05) is 0 Å². The molecule has 0 aromatic carbocycles. The monoisotopic (exact) mass is 157 g/mol. The SMILES string of the molecule is CCC[N+]1(C)CC(CC)CN1. The zero-order valence-corrected chi connectivity index (χ0v) is 8.06. The molecule has 2 unspecified atom stereocenters. The second kappa shape index (κ2) is 3.55. The lowest BCUT2D eigenvalue weighted by Gasteiger charge is -2.27. The quantitative estimate of drug-likeness (QED) is 0.610. The predicted molar refractivity (Wildman–Crippen MR) is 48.0 cm³/mol. The fourth-order valence-corrected chi connectivity index (χ4v) is 1.99. The highest BCUT2D eigenvalue weighted by atomic mass is 15.7. The Morgan fingerprint density at radius 3 is 2.64 bits per heavy atom. The topological polar surface area (TPSA) is 12.0 Å². The van der Waals surface area contributed by atoms with Crippen LogP contribution in [0.3, 0.4) is 0 Å². The summed E-state index contributed by atoms with van der Waals surface area (Å²) in [7, 11) is 2.30. The zero-order chi connectivity index (χ0) is 8.32. The number of rotatable bonds is 3. The molecule has 2 nitrogen and oxygen atoms in total. The van der Waals surface area contributed by atoms with Gasteiger partial charge in [0.25, 0.3) is 0 Å². The summed E-state index contributed by atoms with van der Waals surface area (Å²) in [5, 5.41) is 0. The maximum Gasteiger partial charge on any atom is 0.100 e. The molecule has 1 fully saturated rings. The first-order valence-electron chi connectivity index (χ1n) is 4.80. The molecule has 1 aliphatic rings. The van der Waals surface area contributed by atoms with E-state index in [0.29, 0.717) is 0 Å². The Kier molecular flexibility index (Phi) is 2.90. The van der Waals surface area contributed by atoms with Crippen molar-refractivity contribution in [2.45, 2.75) is 26.7 Å². The average Bonchev–Trinajstić information content (AvgIpc) is 2.33. The molecule has 11 heavy (non-hydrogen) atoms. The van der Waals surface area contributed by atoms with E-state index in [0.717, 1.165) is 10.5 Å². The number of nitrogens with zero attached hydrogens (tertiary/aromatic N) is 1. The van der Waals surface area contributed by atoms with E-state index in [-0.39, 0.29) is 0 Å². The van der Waals surface area contributed by atoms with Crippen LogP contribution in [0.15, 0.2) is 0 Å². The van der Waals surface area contributed by atoms with Crippen molar-refractivity contribution in [3.8, 4) is 0 Å². The molecule has 1 aliphatic heterocycles. The fraction of sp³-hybridized carbons (Fsp3) is 1.00. The van der Waals surface area contributed by atoms with E-state index in [1.54, 1.807) is 0 Å². The zero-order valence-electron chi connectivity index (χ0n) is 8.06. The highest BCUT2D eigenvalue weighted by Gasteiger charge is 2.32. The second-order valence-electron chi connectivity index (χ2n) is 3.94. The van der Waals surface area contributed by atoms with Gasteiger partial charge in [-0.15, -0.1) is 0 Å². The van der Waals surface area contributed by atoms with Gasteiger partial charge < -0.3 is 0 Å². The van der Waals surface area contributed by atoms with Crippen LogP contribution < -0.4 is 5.43 Å². The van der Waals surface area contributed by atoms with Crippen LogP contribution in [0, 0.1) is 5.92 Å². The van der Waals surface area contributed by atoms with E-state index in [4.69, 9.17) is 0 Å². The molecule has 1 heterocycles. The molecule has 1 rings (SSSR count). The van der Waals surface area contributed by atoms with Crippen LogP contribution in [0.2, 0.25) is 0 Å². The third-order valence-corrected chi connectivity index (χ3v) is 2.72. The van der Waals surface area contributed by atoms with E-state index < -0.39 is 0 Å². The molecule has 0 bridgehead atoms. The van der Waals surface area contributed by atoms with Gasteiger partial charge in [0, 0.05) is 5.92 Å². The van der Waals surface area contributed by atoms with Gasteiger partial charge in [-0.05, 0) is 12.8 Å². The lowest BCUT2D eigenvalue weighted by Crippen LogP contribution is -2.50. The standard InChI is InChI=1S/C9H21N2/c1-4-6-11(3)8-9(5-2)7-10-11/h9-10H,4-8H2,1-3H3/q+1. The molecule has 0 aromatic heterocycles. The molecule has 0 aliphatic carbocycles. The molecular weight excluding hydrogens is 136 g/mol. The normalized spacial score (nSPS) is 37.9. The highest BCUT2D eigenvalue weighted by molar-refractivity contribution is 4.62. The van der Waals surface area contributed by atoms with Crippen LogP contribution in [0.25, 0.3) is 0 Å². The molecule has 0 saturated carbocycles. The van der Waals surface area contributed by atoms with Gasteiger partial charge in [0.1, 0.15) is 6.54 Å². The van der Waals surface area contributed by atoms with Crippen molar-refractivity contribution in [1.82, 2.24) is 5.43 Å². The second-order valence-corrected chi connectivity index (χ2v) is 3.94. The average molecular weight is 157 g/mol. The first-order chi connectivity index (χ1) is 5.20. The summed E-state index contributed by atoms with van der Waals surface area (Å²) in [6, 6.07) is 0. The Morgan fingerprint density at radius 2 is 2.18 bits per heavy atom. The summed E-state index contributed by atoms with van der Waals surface area (Å²) in [5.41, 5.74) is 3.57. The summed E-state index contributed by atoms with van der Waals surface area (Å²) in [5.74, 6) is 0.909. The van der Waals surface area contributed by atoms with Crippen LogP contribution in [0.1, 0.15) is 26.7 Å². The molecule has 66 valence electrons. The van der Waals surface area contributed by atoms with Gasteiger partial charge in [0.05, 0.1) is 20.1 Å². The summed E-state index contributed by atoms with van der Waals surface area (Å²) < 4.78 is 1.09. The van der Waals surface area contributed by atoms with Crippen molar-refractivity contribution >= 4 is 0 Å². The van der Waals surface area contributed by atoms with Gasteiger partial charge in [0.2, 0.25) is 0 Å². The van der Waals surface area contributed by atoms with E-state index in [2.05, 4.69) is 26.3 Å². The Bertz CT molecular complexity index is 125. The molecular formula is C9H21N2+. The third-order valence-electron chi connectivity index (χ3n) is 2.72. The molecule has 2 atom stereocenters.